The Balaban J connectivity index is 0.00000121. The van der Waals surface area contributed by atoms with Crippen molar-refractivity contribution in [2.24, 2.45) is 0 Å². The fourth-order valence-corrected chi connectivity index (χ4v) is 1.22. The molecule has 0 saturated heterocycles. The van der Waals surface area contributed by atoms with Crippen LogP contribution in [0.4, 0.5) is 0 Å². The van der Waals surface area contributed by atoms with Gasteiger partial charge in [0.25, 0.3) is 0 Å². The Kier molecular flexibility index (Phi) is 5.01. The fraction of sp³-hybridized carbons (Fsp3) is 0.286. The van der Waals surface area contributed by atoms with Gasteiger partial charge in [-0.2, -0.15) is 0 Å². The average molecular weight is 255 g/mol. The summed E-state index contributed by atoms with van der Waals surface area (Å²) in [5, 5.41) is 0. The van der Waals surface area contributed by atoms with Crippen LogP contribution in [0.15, 0.2) is 16.9 Å². The molecule has 0 bridgehead atoms. The Morgan fingerprint density at radius 1 is 1.17 bits per heavy atom. The Morgan fingerprint density at radius 2 is 1.58 bits per heavy atom. The summed E-state index contributed by atoms with van der Waals surface area (Å²) in [5.41, 5.74) is 0. The van der Waals surface area contributed by atoms with Crippen molar-refractivity contribution in [1.82, 2.24) is 4.98 Å². The van der Waals surface area contributed by atoms with Gasteiger partial charge in [0.05, 0.1) is 26.6 Å². The second-order valence-electron chi connectivity index (χ2n) is 1.86. The maximum Gasteiger partial charge on any atom is 0.155 e. The number of hydrogen-bond donors (Lipinski definition) is 0. The molecule has 0 radical (unpaired) electrons. The molecular weight excluding hydrogens is 245 g/mol. The molecule has 0 aliphatic heterocycles. The summed E-state index contributed by atoms with van der Waals surface area (Å²) in [5.74, 6) is 1.34. The summed E-state index contributed by atoms with van der Waals surface area (Å²) in [6.45, 7) is 0. The van der Waals surface area contributed by atoms with Gasteiger partial charge in [0.15, 0.2) is 11.5 Å². The van der Waals surface area contributed by atoms with Gasteiger partial charge in [0, 0.05) is 0 Å². The maximum atomic E-state index is 5.00. The van der Waals surface area contributed by atoms with Crippen molar-refractivity contribution in [2.75, 3.05) is 14.2 Å². The second kappa shape index (κ2) is 5.22. The number of methoxy groups -OCH3 is 2. The van der Waals surface area contributed by atoms with Crippen molar-refractivity contribution in [3.8, 4) is 11.5 Å². The lowest BCUT2D eigenvalue weighted by molar-refractivity contribution is 0.386. The zero-order valence-corrected chi connectivity index (χ0v) is 9.11. The molecule has 1 aromatic heterocycles. The lowest BCUT2D eigenvalue weighted by Gasteiger charge is -2.05. The first-order valence-corrected chi connectivity index (χ1v) is 3.80. The predicted molar refractivity (Wildman–Crippen MR) is 52.3 cm³/mol. The van der Waals surface area contributed by atoms with Crippen LogP contribution in [-0.4, -0.2) is 19.2 Å². The van der Waals surface area contributed by atoms with E-state index in [-0.39, 0.29) is 12.4 Å². The molecule has 0 fully saturated rings. The van der Waals surface area contributed by atoms with Crippen LogP contribution in [0.3, 0.4) is 0 Å². The highest BCUT2D eigenvalue weighted by Gasteiger charge is 2.05. The molecule has 5 heteroatoms. The molecule has 0 aliphatic carbocycles. The number of nitrogens with zero attached hydrogens (tertiary/aromatic N) is 1. The molecule has 3 nitrogen and oxygen atoms in total. The van der Waals surface area contributed by atoms with E-state index >= 15 is 0 Å². The maximum absolute atomic E-state index is 5.00. The fourth-order valence-electron chi connectivity index (χ4n) is 0.692. The third kappa shape index (κ3) is 2.25. The highest BCUT2D eigenvalue weighted by molar-refractivity contribution is 9.10. The van der Waals surface area contributed by atoms with Gasteiger partial charge in [0.1, 0.15) is 4.47 Å². The van der Waals surface area contributed by atoms with Gasteiger partial charge in [-0.1, -0.05) is 0 Å². The Bertz CT molecular complexity index is 235. The number of rotatable bonds is 2. The summed E-state index contributed by atoms with van der Waals surface area (Å²) in [7, 11) is 3.17. The quantitative estimate of drug-likeness (QED) is 0.811. The average Bonchev–Trinajstić information content (AvgIpc) is 2.05. The number of pyridine rings is 1. The molecule has 1 heterocycles. The molecule has 0 spiro atoms. The molecule has 0 unspecified atom stereocenters. The first kappa shape index (κ1) is 11.5. The Labute approximate surface area is 85.6 Å². The van der Waals surface area contributed by atoms with Crippen LogP contribution in [0.5, 0.6) is 11.5 Å². The Hall–Kier alpha value is -0.480. The van der Waals surface area contributed by atoms with E-state index < -0.39 is 0 Å². The molecule has 0 atom stereocenters. The van der Waals surface area contributed by atoms with E-state index in [9.17, 15) is 0 Å². The SMILES string of the molecule is COc1cncc(OC)c1Br.Cl. The largest absolute Gasteiger partial charge is 0.494 e. The molecule has 12 heavy (non-hydrogen) atoms. The minimum atomic E-state index is 0. The molecule has 0 aliphatic rings. The Morgan fingerprint density at radius 3 is 1.92 bits per heavy atom. The smallest absolute Gasteiger partial charge is 0.155 e. The van der Waals surface area contributed by atoms with Crippen LogP contribution in [-0.2, 0) is 0 Å². The van der Waals surface area contributed by atoms with E-state index in [2.05, 4.69) is 20.9 Å². The van der Waals surface area contributed by atoms with Crippen molar-refractivity contribution in [1.29, 1.82) is 0 Å². The van der Waals surface area contributed by atoms with E-state index in [1.165, 1.54) is 0 Å². The van der Waals surface area contributed by atoms with Crippen molar-refractivity contribution >= 4 is 28.3 Å². The molecule has 0 aromatic carbocycles. The van der Waals surface area contributed by atoms with Crippen molar-refractivity contribution < 1.29 is 9.47 Å². The normalized spacial score (nSPS) is 8.58. The molecule has 0 saturated carbocycles. The zero-order chi connectivity index (χ0) is 8.27. The van der Waals surface area contributed by atoms with Crippen molar-refractivity contribution in [2.45, 2.75) is 0 Å². The third-order valence-corrected chi connectivity index (χ3v) is 2.04. The van der Waals surface area contributed by atoms with Gasteiger partial charge < -0.3 is 9.47 Å². The van der Waals surface area contributed by atoms with E-state index in [0.29, 0.717) is 11.5 Å². The molecule has 0 N–H and O–H groups in total. The predicted octanol–water partition coefficient (Wildman–Crippen LogP) is 2.28. The van der Waals surface area contributed by atoms with Crippen molar-refractivity contribution in [3.63, 3.8) is 0 Å². The summed E-state index contributed by atoms with van der Waals surface area (Å²) < 4.78 is 10.8. The van der Waals surface area contributed by atoms with Crippen LogP contribution < -0.4 is 9.47 Å². The van der Waals surface area contributed by atoms with Gasteiger partial charge in [-0.25, -0.2) is 0 Å². The van der Waals surface area contributed by atoms with E-state index in [1.807, 2.05) is 0 Å². The first-order chi connectivity index (χ1) is 5.29. The topological polar surface area (TPSA) is 31.4 Å². The number of halogens is 2. The molecule has 1 aromatic rings. The van der Waals surface area contributed by atoms with E-state index in [4.69, 9.17) is 9.47 Å². The van der Waals surface area contributed by atoms with Crippen LogP contribution in [0.2, 0.25) is 0 Å². The van der Waals surface area contributed by atoms with E-state index in [0.717, 1.165) is 4.47 Å². The van der Waals surface area contributed by atoms with Gasteiger partial charge in [-0.3, -0.25) is 4.98 Å². The number of hydrogen-bond acceptors (Lipinski definition) is 3. The summed E-state index contributed by atoms with van der Waals surface area (Å²) in [6, 6.07) is 0. The molecular formula is C7H9BrClNO2. The number of ether oxygens (including phenoxy) is 2. The van der Waals surface area contributed by atoms with Crippen LogP contribution in [0, 0.1) is 0 Å². The van der Waals surface area contributed by atoms with Crippen molar-refractivity contribution in [3.05, 3.63) is 16.9 Å². The number of aromatic nitrogens is 1. The highest BCUT2D eigenvalue weighted by Crippen LogP contribution is 2.32. The van der Waals surface area contributed by atoms with Gasteiger partial charge >= 0.3 is 0 Å². The summed E-state index contributed by atoms with van der Waals surface area (Å²) in [6.07, 6.45) is 3.24. The molecule has 1 rings (SSSR count). The minimum Gasteiger partial charge on any atom is -0.494 e. The third-order valence-electron chi connectivity index (χ3n) is 1.26. The zero-order valence-electron chi connectivity index (χ0n) is 6.70. The molecule has 68 valence electrons. The van der Waals surface area contributed by atoms with Gasteiger partial charge in [-0.05, 0) is 15.9 Å². The van der Waals surface area contributed by atoms with Gasteiger partial charge in [-0.15, -0.1) is 12.4 Å². The highest BCUT2D eigenvalue weighted by atomic mass is 79.9. The lowest BCUT2D eigenvalue weighted by Crippen LogP contribution is -1.90. The van der Waals surface area contributed by atoms with Crippen LogP contribution >= 0.6 is 28.3 Å². The standard InChI is InChI=1S/C7H8BrNO2.ClH/c1-10-5-3-9-4-6(11-2)7(5)8;/h3-4H,1-2H3;1H. The van der Waals surface area contributed by atoms with E-state index in [1.54, 1.807) is 26.6 Å². The van der Waals surface area contributed by atoms with Crippen LogP contribution in [0.25, 0.3) is 0 Å². The first-order valence-electron chi connectivity index (χ1n) is 3.01. The monoisotopic (exact) mass is 253 g/mol. The second-order valence-corrected chi connectivity index (χ2v) is 2.65. The van der Waals surface area contributed by atoms with Crippen LogP contribution in [0.1, 0.15) is 0 Å². The summed E-state index contributed by atoms with van der Waals surface area (Å²) in [4.78, 5) is 3.91. The minimum absolute atomic E-state index is 0. The summed E-state index contributed by atoms with van der Waals surface area (Å²) >= 11 is 3.31. The van der Waals surface area contributed by atoms with Gasteiger partial charge in [0.2, 0.25) is 0 Å². The molecule has 0 amide bonds. The lowest BCUT2D eigenvalue weighted by atomic mass is 10.4.